The number of amides is 1. The number of hydrogen-bond acceptors (Lipinski definition) is 6. The Balaban J connectivity index is 1.55. The molecule has 0 bridgehead atoms. The van der Waals surface area contributed by atoms with Gasteiger partial charge in [-0.15, -0.1) is 0 Å². The molecular weight excluding hydrogens is 454 g/mol. The molecule has 0 radical (unpaired) electrons. The molecule has 2 aromatic carbocycles. The van der Waals surface area contributed by atoms with Crippen LogP contribution in [0, 0.1) is 20.8 Å². The predicted molar refractivity (Wildman–Crippen MR) is 130 cm³/mol. The molecule has 3 aromatic rings. The number of hydrogen-bond donors (Lipinski definition) is 1. The maximum Gasteiger partial charge on any atom is 0.331 e. The van der Waals surface area contributed by atoms with Crippen LogP contribution in [0.2, 0.25) is 0 Å². The summed E-state index contributed by atoms with van der Waals surface area (Å²) in [5, 5.41) is 7.11. The molecule has 34 heavy (non-hydrogen) atoms. The number of anilines is 1. The number of sulfone groups is 1. The highest BCUT2D eigenvalue weighted by atomic mass is 32.2. The monoisotopic (exact) mass is 481 g/mol. The lowest BCUT2D eigenvalue weighted by Gasteiger charge is -2.06. The molecule has 1 aromatic heterocycles. The van der Waals surface area contributed by atoms with Crippen molar-refractivity contribution in [2.75, 3.05) is 18.2 Å². The second-order valence-electron chi connectivity index (χ2n) is 8.01. The molecule has 0 saturated carbocycles. The van der Waals surface area contributed by atoms with Crippen LogP contribution in [0.15, 0.2) is 59.5 Å². The summed E-state index contributed by atoms with van der Waals surface area (Å²) in [5.41, 5.74) is 5.23. The molecule has 0 aliphatic rings. The zero-order chi connectivity index (χ0) is 24.9. The van der Waals surface area contributed by atoms with Gasteiger partial charge in [0.05, 0.1) is 17.1 Å². The molecule has 0 unspecified atom stereocenters. The lowest BCUT2D eigenvalue weighted by molar-refractivity contribution is -0.142. The third-order valence-electron chi connectivity index (χ3n) is 5.19. The van der Waals surface area contributed by atoms with Gasteiger partial charge in [0.25, 0.3) is 5.91 Å². The zero-order valence-corrected chi connectivity index (χ0v) is 20.3. The standard InChI is InChI=1S/C25H27N3O5S/c1-17-5-7-20(8-6-17)15-28-19(3)23(18(2)27-28)13-14-25(30)33-16-24(29)26-21-9-11-22(12-10-21)34(4,31)32/h5-14H,15-16H2,1-4H3,(H,26,29)/b14-13+. The van der Waals surface area contributed by atoms with Crippen molar-refractivity contribution in [1.29, 1.82) is 0 Å². The van der Waals surface area contributed by atoms with Crippen LogP contribution >= 0.6 is 0 Å². The summed E-state index contributed by atoms with van der Waals surface area (Å²) in [6.07, 6.45) is 4.00. The summed E-state index contributed by atoms with van der Waals surface area (Å²) in [4.78, 5) is 24.3. The summed E-state index contributed by atoms with van der Waals surface area (Å²) in [6.45, 7) is 5.99. The molecule has 8 nitrogen and oxygen atoms in total. The minimum absolute atomic E-state index is 0.148. The Kier molecular flexibility index (Phi) is 7.68. The van der Waals surface area contributed by atoms with E-state index in [9.17, 15) is 18.0 Å². The fourth-order valence-corrected chi connectivity index (χ4v) is 3.92. The average Bonchev–Trinajstić information content (AvgIpc) is 3.04. The van der Waals surface area contributed by atoms with Gasteiger partial charge in [0.2, 0.25) is 0 Å². The summed E-state index contributed by atoms with van der Waals surface area (Å²) in [6, 6.07) is 13.9. The van der Waals surface area contributed by atoms with Crippen molar-refractivity contribution in [3.05, 3.63) is 82.7 Å². The number of nitrogens with one attached hydrogen (secondary N) is 1. The van der Waals surface area contributed by atoms with Gasteiger partial charge in [-0.1, -0.05) is 29.8 Å². The number of nitrogens with zero attached hydrogens (tertiary/aromatic N) is 2. The molecule has 0 saturated heterocycles. The van der Waals surface area contributed by atoms with E-state index < -0.39 is 28.3 Å². The Bertz CT molecular complexity index is 1320. The fourth-order valence-electron chi connectivity index (χ4n) is 3.29. The number of benzene rings is 2. The van der Waals surface area contributed by atoms with Gasteiger partial charge in [0, 0.05) is 29.3 Å². The molecule has 1 N–H and O–H groups in total. The van der Waals surface area contributed by atoms with E-state index in [0.29, 0.717) is 12.2 Å². The normalized spacial score (nSPS) is 11.5. The highest BCUT2D eigenvalue weighted by Crippen LogP contribution is 2.17. The van der Waals surface area contributed by atoms with E-state index in [0.717, 1.165) is 28.8 Å². The molecule has 1 heterocycles. The van der Waals surface area contributed by atoms with Crippen LogP contribution in [-0.4, -0.2) is 42.9 Å². The Morgan fingerprint density at radius 3 is 2.29 bits per heavy atom. The number of aromatic nitrogens is 2. The minimum atomic E-state index is -3.32. The third kappa shape index (κ3) is 6.64. The van der Waals surface area contributed by atoms with E-state index >= 15 is 0 Å². The van der Waals surface area contributed by atoms with Gasteiger partial charge in [0.15, 0.2) is 16.4 Å². The van der Waals surface area contributed by atoms with Crippen LogP contribution < -0.4 is 5.32 Å². The van der Waals surface area contributed by atoms with Crippen molar-refractivity contribution in [2.24, 2.45) is 0 Å². The predicted octanol–water partition coefficient (Wildman–Crippen LogP) is 3.46. The summed E-state index contributed by atoms with van der Waals surface area (Å²) < 4.78 is 29.9. The fraction of sp³-hybridized carbons (Fsp3) is 0.240. The summed E-state index contributed by atoms with van der Waals surface area (Å²) >= 11 is 0. The number of ether oxygens (including phenoxy) is 1. The smallest absolute Gasteiger partial charge is 0.331 e. The minimum Gasteiger partial charge on any atom is -0.452 e. The number of aryl methyl sites for hydroxylation is 2. The van der Waals surface area contributed by atoms with E-state index in [1.165, 1.54) is 35.9 Å². The Morgan fingerprint density at radius 2 is 1.68 bits per heavy atom. The van der Waals surface area contributed by atoms with Crippen molar-refractivity contribution in [3.63, 3.8) is 0 Å². The number of carbonyl (C=O) groups is 2. The van der Waals surface area contributed by atoms with Crippen molar-refractivity contribution >= 4 is 33.5 Å². The third-order valence-corrected chi connectivity index (χ3v) is 6.32. The van der Waals surface area contributed by atoms with Crippen LogP contribution in [0.3, 0.4) is 0 Å². The lowest BCUT2D eigenvalue weighted by Crippen LogP contribution is -2.20. The number of rotatable bonds is 8. The van der Waals surface area contributed by atoms with Gasteiger partial charge in [-0.25, -0.2) is 13.2 Å². The maximum absolute atomic E-state index is 12.1. The molecule has 0 spiro atoms. The first-order valence-corrected chi connectivity index (χ1v) is 12.5. The second kappa shape index (κ2) is 10.5. The van der Waals surface area contributed by atoms with E-state index in [4.69, 9.17) is 4.74 Å². The van der Waals surface area contributed by atoms with Gasteiger partial charge in [-0.3, -0.25) is 9.48 Å². The Hall–Kier alpha value is -3.72. The van der Waals surface area contributed by atoms with Crippen LogP contribution in [0.1, 0.15) is 28.1 Å². The summed E-state index contributed by atoms with van der Waals surface area (Å²) in [5.74, 6) is -1.19. The molecule has 0 aliphatic carbocycles. The Labute approximate surface area is 199 Å². The zero-order valence-electron chi connectivity index (χ0n) is 19.5. The number of carbonyl (C=O) groups excluding carboxylic acids is 2. The van der Waals surface area contributed by atoms with E-state index in [1.807, 2.05) is 25.5 Å². The largest absolute Gasteiger partial charge is 0.452 e. The molecule has 3 rings (SSSR count). The van der Waals surface area contributed by atoms with Crippen molar-refractivity contribution < 1.29 is 22.7 Å². The number of esters is 1. The SMILES string of the molecule is Cc1ccc(Cn2nc(C)c(/C=C/C(=O)OCC(=O)Nc3ccc(S(C)(=O)=O)cc3)c2C)cc1. The van der Waals surface area contributed by atoms with E-state index in [-0.39, 0.29) is 4.90 Å². The van der Waals surface area contributed by atoms with Gasteiger partial charge in [-0.05, 0) is 56.7 Å². The van der Waals surface area contributed by atoms with Gasteiger partial charge >= 0.3 is 5.97 Å². The van der Waals surface area contributed by atoms with Crippen molar-refractivity contribution in [1.82, 2.24) is 9.78 Å². The molecule has 9 heteroatoms. The van der Waals surface area contributed by atoms with Crippen LogP contribution in [0.4, 0.5) is 5.69 Å². The second-order valence-corrected chi connectivity index (χ2v) is 10.0. The van der Waals surface area contributed by atoms with Crippen LogP contribution in [0.5, 0.6) is 0 Å². The van der Waals surface area contributed by atoms with Crippen molar-refractivity contribution in [3.8, 4) is 0 Å². The van der Waals surface area contributed by atoms with Gasteiger partial charge in [-0.2, -0.15) is 5.10 Å². The van der Waals surface area contributed by atoms with Gasteiger partial charge in [0.1, 0.15) is 0 Å². The van der Waals surface area contributed by atoms with E-state index in [2.05, 4.69) is 34.7 Å². The average molecular weight is 482 g/mol. The highest BCUT2D eigenvalue weighted by molar-refractivity contribution is 7.90. The van der Waals surface area contributed by atoms with Crippen LogP contribution in [-0.2, 0) is 30.7 Å². The van der Waals surface area contributed by atoms with E-state index in [1.54, 1.807) is 6.08 Å². The molecule has 1 amide bonds. The Morgan fingerprint density at radius 1 is 1.03 bits per heavy atom. The first kappa shape index (κ1) is 24.9. The first-order valence-electron chi connectivity index (χ1n) is 10.6. The maximum atomic E-state index is 12.1. The van der Waals surface area contributed by atoms with Gasteiger partial charge < -0.3 is 10.1 Å². The molecule has 0 fully saturated rings. The quantitative estimate of drug-likeness (QED) is 0.390. The van der Waals surface area contributed by atoms with Crippen molar-refractivity contribution in [2.45, 2.75) is 32.2 Å². The molecule has 0 atom stereocenters. The molecule has 0 aliphatic heterocycles. The van der Waals surface area contributed by atoms with Crippen LogP contribution in [0.25, 0.3) is 6.08 Å². The summed E-state index contributed by atoms with van der Waals surface area (Å²) in [7, 11) is -3.32. The first-order chi connectivity index (χ1) is 16.0. The molecule has 178 valence electrons. The highest BCUT2D eigenvalue weighted by Gasteiger charge is 2.12. The molecular formula is C25H27N3O5S. The lowest BCUT2D eigenvalue weighted by atomic mass is 10.1. The topological polar surface area (TPSA) is 107 Å².